The van der Waals surface area contributed by atoms with E-state index in [4.69, 9.17) is 9.47 Å². The molecular formula is C23H26N6O3S. The number of hydrogen-bond donors (Lipinski definition) is 2. The van der Waals surface area contributed by atoms with E-state index in [1.807, 2.05) is 48.3 Å². The van der Waals surface area contributed by atoms with Crippen molar-refractivity contribution in [3.63, 3.8) is 0 Å². The van der Waals surface area contributed by atoms with Gasteiger partial charge in [-0.25, -0.2) is 9.97 Å². The average Bonchev–Trinajstić information content (AvgIpc) is 3.31. The van der Waals surface area contributed by atoms with Crippen molar-refractivity contribution in [3.05, 3.63) is 42.2 Å². The normalized spacial score (nSPS) is 17.5. The molecule has 0 aliphatic carbocycles. The van der Waals surface area contributed by atoms with Crippen molar-refractivity contribution in [2.75, 3.05) is 49.3 Å². The monoisotopic (exact) mass is 466 g/mol. The van der Waals surface area contributed by atoms with E-state index >= 15 is 0 Å². The van der Waals surface area contributed by atoms with Crippen LogP contribution in [0.1, 0.15) is 12.1 Å². The molecule has 10 heteroatoms. The molecule has 5 rings (SSSR count). The van der Waals surface area contributed by atoms with Crippen molar-refractivity contribution in [3.8, 4) is 11.6 Å². The Morgan fingerprint density at radius 2 is 2.21 bits per heavy atom. The summed E-state index contributed by atoms with van der Waals surface area (Å²) in [5, 5.41) is 6.77. The standard InChI is InChI=1S/C23H26N6O3S/c1-31-21-5-3-17-22(28-21)18(6-8-25-17)29-10-7-16(13-29)33-11-9-24-12-15-2-4-19-23(26-15)27-20(30)14-32-19/h2-6,8,16,24H,7,9-14H2,1H3,(H,26,27,30). The number of nitrogens with one attached hydrogen (secondary N) is 2. The SMILES string of the molecule is COc1ccc2nccc(N3CCC(SCCNCc4ccc5c(n4)NC(=O)CO5)C3)c2n1. The number of nitrogens with zero attached hydrogens (tertiary/aromatic N) is 4. The fourth-order valence-electron chi connectivity index (χ4n) is 4.06. The quantitative estimate of drug-likeness (QED) is 0.485. The molecule has 1 amide bonds. The summed E-state index contributed by atoms with van der Waals surface area (Å²) in [7, 11) is 1.63. The molecule has 0 spiro atoms. The van der Waals surface area contributed by atoms with E-state index in [2.05, 4.69) is 30.5 Å². The number of aromatic nitrogens is 3. The topological polar surface area (TPSA) is 102 Å². The third-order valence-electron chi connectivity index (χ3n) is 5.70. The lowest BCUT2D eigenvalue weighted by Gasteiger charge is -2.20. The lowest BCUT2D eigenvalue weighted by molar-refractivity contribution is -0.118. The van der Waals surface area contributed by atoms with Gasteiger partial charge in [-0.05, 0) is 30.7 Å². The van der Waals surface area contributed by atoms with Gasteiger partial charge < -0.3 is 25.0 Å². The van der Waals surface area contributed by atoms with Gasteiger partial charge >= 0.3 is 0 Å². The van der Waals surface area contributed by atoms with Crippen molar-refractivity contribution in [1.29, 1.82) is 0 Å². The van der Waals surface area contributed by atoms with Crippen LogP contribution in [0.25, 0.3) is 11.0 Å². The van der Waals surface area contributed by atoms with Crippen LogP contribution >= 0.6 is 11.8 Å². The largest absolute Gasteiger partial charge is 0.481 e. The van der Waals surface area contributed by atoms with Gasteiger partial charge in [0.2, 0.25) is 5.88 Å². The van der Waals surface area contributed by atoms with Gasteiger partial charge in [-0.15, -0.1) is 0 Å². The molecule has 2 aliphatic rings. The van der Waals surface area contributed by atoms with Crippen LogP contribution in [0.2, 0.25) is 0 Å². The van der Waals surface area contributed by atoms with Gasteiger partial charge in [-0.1, -0.05) is 0 Å². The Labute approximate surface area is 196 Å². The van der Waals surface area contributed by atoms with Gasteiger partial charge in [-0.3, -0.25) is 9.78 Å². The second-order valence-corrected chi connectivity index (χ2v) is 9.35. The number of carbonyl (C=O) groups is 1. The van der Waals surface area contributed by atoms with E-state index in [0.29, 0.717) is 29.2 Å². The fraction of sp³-hybridized carbons (Fsp3) is 0.391. The lowest BCUT2D eigenvalue weighted by atomic mass is 10.2. The Bertz CT molecular complexity index is 1160. The predicted octanol–water partition coefficient (Wildman–Crippen LogP) is 2.47. The molecule has 1 unspecified atom stereocenters. The fourth-order valence-corrected chi connectivity index (χ4v) is 5.22. The zero-order chi connectivity index (χ0) is 22.6. The number of rotatable bonds is 8. The third-order valence-corrected chi connectivity index (χ3v) is 7.00. The molecule has 33 heavy (non-hydrogen) atoms. The molecule has 1 saturated heterocycles. The van der Waals surface area contributed by atoms with Crippen molar-refractivity contribution < 1.29 is 14.3 Å². The summed E-state index contributed by atoms with van der Waals surface area (Å²) in [5.41, 5.74) is 3.78. The van der Waals surface area contributed by atoms with Gasteiger partial charge in [0.05, 0.1) is 24.0 Å². The summed E-state index contributed by atoms with van der Waals surface area (Å²) < 4.78 is 10.7. The van der Waals surface area contributed by atoms with Crippen LogP contribution < -0.4 is 25.0 Å². The van der Waals surface area contributed by atoms with E-state index in [0.717, 1.165) is 54.2 Å². The number of ether oxygens (including phenoxy) is 2. The average molecular weight is 467 g/mol. The highest BCUT2D eigenvalue weighted by Gasteiger charge is 2.25. The minimum Gasteiger partial charge on any atom is -0.481 e. The summed E-state index contributed by atoms with van der Waals surface area (Å²) >= 11 is 1.99. The molecule has 1 atom stereocenters. The Morgan fingerprint density at radius 3 is 3.12 bits per heavy atom. The highest BCUT2D eigenvalue weighted by atomic mass is 32.2. The minimum absolute atomic E-state index is 0.0458. The number of pyridine rings is 3. The molecule has 9 nitrogen and oxygen atoms in total. The smallest absolute Gasteiger partial charge is 0.263 e. The number of hydrogen-bond acceptors (Lipinski definition) is 9. The first-order valence-electron chi connectivity index (χ1n) is 11.0. The Hall–Kier alpha value is -3.11. The first kappa shape index (κ1) is 21.7. The van der Waals surface area contributed by atoms with E-state index in [9.17, 15) is 4.79 Å². The minimum atomic E-state index is -0.170. The summed E-state index contributed by atoms with van der Waals surface area (Å²) in [6.45, 7) is 3.59. The summed E-state index contributed by atoms with van der Waals surface area (Å²) in [6.07, 6.45) is 2.99. The first-order valence-corrected chi connectivity index (χ1v) is 12.0. The summed E-state index contributed by atoms with van der Waals surface area (Å²) in [4.78, 5) is 27.4. The summed E-state index contributed by atoms with van der Waals surface area (Å²) in [6, 6.07) is 9.62. The van der Waals surface area contributed by atoms with Crippen LogP contribution in [0.4, 0.5) is 11.5 Å². The van der Waals surface area contributed by atoms with Crippen LogP contribution in [0.5, 0.6) is 11.6 Å². The van der Waals surface area contributed by atoms with E-state index in [-0.39, 0.29) is 12.5 Å². The molecule has 0 saturated carbocycles. The van der Waals surface area contributed by atoms with Crippen LogP contribution in [0.15, 0.2) is 36.5 Å². The number of thioether (sulfide) groups is 1. The van der Waals surface area contributed by atoms with Gasteiger partial charge in [0, 0.05) is 49.4 Å². The highest BCUT2D eigenvalue weighted by Crippen LogP contribution is 2.31. The van der Waals surface area contributed by atoms with E-state index in [1.54, 1.807) is 7.11 Å². The van der Waals surface area contributed by atoms with Gasteiger partial charge in [0.15, 0.2) is 18.2 Å². The molecule has 3 aromatic rings. The second kappa shape index (κ2) is 9.80. The number of anilines is 2. The van der Waals surface area contributed by atoms with Gasteiger partial charge in [0.1, 0.15) is 5.52 Å². The number of carbonyl (C=O) groups excluding carboxylic acids is 1. The van der Waals surface area contributed by atoms with Crippen LogP contribution in [0.3, 0.4) is 0 Å². The number of amides is 1. The van der Waals surface area contributed by atoms with Crippen LogP contribution in [-0.2, 0) is 11.3 Å². The van der Waals surface area contributed by atoms with Gasteiger partial charge in [0.25, 0.3) is 5.91 Å². The molecule has 0 radical (unpaired) electrons. The maximum atomic E-state index is 11.5. The third kappa shape index (κ3) is 4.96. The van der Waals surface area contributed by atoms with Crippen LogP contribution in [0, 0.1) is 0 Å². The number of methoxy groups -OCH3 is 1. The van der Waals surface area contributed by atoms with E-state index < -0.39 is 0 Å². The molecule has 0 aromatic carbocycles. The zero-order valence-electron chi connectivity index (χ0n) is 18.4. The molecule has 2 aliphatic heterocycles. The maximum Gasteiger partial charge on any atom is 0.263 e. The molecule has 3 aromatic heterocycles. The highest BCUT2D eigenvalue weighted by molar-refractivity contribution is 7.99. The molecule has 1 fully saturated rings. The van der Waals surface area contributed by atoms with Crippen LogP contribution in [-0.4, -0.2) is 65.2 Å². The zero-order valence-corrected chi connectivity index (χ0v) is 19.2. The van der Waals surface area contributed by atoms with Crippen molar-refractivity contribution in [2.24, 2.45) is 0 Å². The molecule has 5 heterocycles. The molecule has 0 bridgehead atoms. The van der Waals surface area contributed by atoms with Crippen molar-refractivity contribution in [2.45, 2.75) is 18.2 Å². The molecule has 2 N–H and O–H groups in total. The number of fused-ring (bicyclic) bond motifs is 2. The second-order valence-electron chi connectivity index (χ2n) is 7.94. The Kier molecular flexibility index (Phi) is 6.45. The maximum absolute atomic E-state index is 11.5. The lowest BCUT2D eigenvalue weighted by Crippen LogP contribution is -2.27. The summed E-state index contributed by atoms with van der Waals surface area (Å²) in [5.74, 6) is 2.58. The van der Waals surface area contributed by atoms with Gasteiger partial charge in [-0.2, -0.15) is 11.8 Å². The molecule has 172 valence electrons. The van der Waals surface area contributed by atoms with E-state index in [1.165, 1.54) is 0 Å². The van der Waals surface area contributed by atoms with Crippen molar-refractivity contribution >= 4 is 40.2 Å². The Morgan fingerprint density at radius 1 is 1.27 bits per heavy atom. The van der Waals surface area contributed by atoms with Crippen molar-refractivity contribution in [1.82, 2.24) is 20.3 Å². The Balaban J connectivity index is 1.10. The first-order chi connectivity index (χ1) is 16.2. The predicted molar refractivity (Wildman–Crippen MR) is 129 cm³/mol. The molecular weight excluding hydrogens is 440 g/mol.